The summed E-state index contributed by atoms with van der Waals surface area (Å²) in [4.78, 5) is 11.7. The van der Waals surface area contributed by atoms with Crippen LogP contribution in [-0.4, -0.2) is 39.6 Å². The molecule has 1 atom stereocenters. The summed E-state index contributed by atoms with van der Waals surface area (Å²) in [5, 5.41) is 3.14. The topological polar surface area (TPSA) is 84.5 Å². The van der Waals surface area contributed by atoms with Gasteiger partial charge in [0.2, 0.25) is 10.0 Å². The molecule has 1 aromatic carbocycles. The van der Waals surface area contributed by atoms with E-state index in [-0.39, 0.29) is 11.5 Å². The number of hydrogen-bond donors (Lipinski definition) is 2. The largest absolute Gasteiger partial charge is 0.462 e. The van der Waals surface area contributed by atoms with Crippen molar-refractivity contribution in [3.8, 4) is 0 Å². The Hall–Kier alpha value is -1.44. The van der Waals surface area contributed by atoms with Crippen LogP contribution in [0.2, 0.25) is 0 Å². The van der Waals surface area contributed by atoms with Crippen molar-refractivity contribution in [2.24, 2.45) is 0 Å². The molecule has 6 nitrogen and oxygen atoms in total. The molecule has 0 bridgehead atoms. The first kappa shape index (κ1) is 15.9. The molecule has 0 spiro atoms. The molecule has 0 aliphatic carbocycles. The molecule has 1 aromatic rings. The van der Waals surface area contributed by atoms with Gasteiger partial charge in [0.1, 0.15) is 0 Å². The van der Waals surface area contributed by atoms with Crippen LogP contribution in [0.15, 0.2) is 29.2 Å². The van der Waals surface area contributed by atoms with Gasteiger partial charge in [-0.2, -0.15) is 0 Å². The monoisotopic (exact) mass is 312 g/mol. The van der Waals surface area contributed by atoms with Crippen LogP contribution < -0.4 is 10.0 Å². The third-order valence-electron chi connectivity index (χ3n) is 3.43. The molecule has 7 heteroatoms. The van der Waals surface area contributed by atoms with Crippen LogP contribution in [-0.2, 0) is 14.8 Å². The number of ether oxygens (including phenoxy) is 1. The fourth-order valence-electron chi connectivity index (χ4n) is 2.27. The second-order valence-electron chi connectivity index (χ2n) is 5.34. The lowest BCUT2D eigenvalue weighted by Gasteiger charge is -2.24. The van der Waals surface area contributed by atoms with Gasteiger partial charge in [-0.15, -0.1) is 0 Å². The van der Waals surface area contributed by atoms with Crippen molar-refractivity contribution in [1.29, 1.82) is 0 Å². The predicted molar refractivity (Wildman–Crippen MR) is 78.6 cm³/mol. The van der Waals surface area contributed by atoms with Crippen LogP contribution in [0.4, 0.5) is 0 Å². The minimum Gasteiger partial charge on any atom is -0.462 e. The van der Waals surface area contributed by atoms with E-state index in [1.54, 1.807) is 6.92 Å². The molecule has 1 heterocycles. The predicted octanol–water partition coefficient (Wildman–Crippen LogP) is 0.894. The van der Waals surface area contributed by atoms with E-state index < -0.39 is 21.5 Å². The van der Waals surface area contributed by atoms with Gasteiger partial charge in [0, 0.05) is 12.1 Å². The van der Waals surface area contributed by atoms with Gasteiger partial charge >= 0.3 is 5.97 Å². The van der Waals surface area contributed by atoms with E-state index in [0.717, 1.165) is 13.0 Å². The van der Waals surface area contributed by atoms with Crippen molar-refractivity contribution in [3.63, 3.8) is 0 Å². The molecule has 0 saturated carbocycles. The van der Waals surface area contributed by atoms with E-state index in [9.17, 15) is 13.2 Å². The molecule has 1 unspecified atom stereocenters. The quantitative estimate of drug-likeness (QED) is 0.789. The number of carbonyl (C=O) groups excluding carboxylic acids is 1. The van der Waals surface area contributed by atoms with E-state index in [4.69, 9.17) is 4.74 Å². The molecule has 1 aliphatic rings. The van der Waals surface area contributed by atoms with Crippen LogP contribution in [0.5, 0.6) is 0 Å². The highest BCUT2D eigenvalue weighted by molar-refractivity contribution is 7.89. The van der Waals surface area contributed by atoms with Crippen molar-refractivity contribution < 1.29 is 17.9 Å². The minimum absolute atomic E-state index is 0.142. The molecule has 1 saturated heterocycles. The molecule has 0 radical (unpaired) electrons. The summed E-state index contributed by atoms with van der Waals surface area (Å²) >= 11 is 0. The van der Waals surface area contributed by atoms with E-state index in [1.807, 2.05) is 6.92 Å². The number of carbonyl (C=O) groups is 1. The summed E-state index contributed by atoms with van der Waals surface area (Å²) in [6.45, 7) is 5.27. The molecule has 116 valence electrons. The number of esters is 1. The molecule has 2 rings (SSSR count). The van der Waals surface area contributed by atoms with Crippen molar-refractivity contribution in [2.75, 3.05) is 19.7 Å². The second kappa shape index (κ2) is 6.13. The molecule has 0 amide bonds. The highest BCUT2D eigenvalue weighted by atomic mass is 32.2. The average molecular weight is 312 g/mol. The normalized spacial score (nSPS) is 22.2. The van der Waals surface area contributed by atoms with Gasteiger partial charge in [0.25, 0.3) is 0 Å². The number of benzene rings is 1. The first-order chi connectivity index (χ1) is 9.86. The van der Waals surface area contributed by atoms with E-state index >= 15 is 0 Å². The maximum Gasteiger partial charge on any atom is 0.338 e. The van der Waals surface area contributed by atoms with Gasteiger partial charge in [-0.3, -0.25) is 0 Å². The van der Waals surface area contributed by atoms with Gasteiger partial charge in [-0.25, -0.2) is 17.9 Å². The van der Waals surface area contributed by atoms with E-state index in [1.165, 1.54) is 24.3 Å². The fourth-order valence-corrected chi connectivity index (χ4v) is 3.71. The molecule has 1 aliphatic heterocycles. The maximum atomic E-state index is 12.3. The zero-order valence-corrected chi connectivity index (χ0v) is 13.0. The van der Waals surface area contributed by atoms with Gasteiger partial charge in [0.05, 0.1) is 17.1 Å². The minimum atomic E-state index is -3.60. The molecule has 2 N–H and O–H groups in total. The number of nitrogens with one attached hydrogen (secondary N) is 2. The zero-order chi connectivity index (χ0) is 15.5. The fraction of sp³-hybridized carbons (Fsp3) is 0.500. The highest BCUT2D eigenvalue weighted by Crippen LogP contribution is 2.19. The van der Waals surface area contributed by atoms with Crippen molar-refractivity contribution >= 4 is 16.0 Å². The third-order valence-corrected chi connectivity index (χ3v) is 5.08. The molecule has 1 fully saturated rings. The summed E-state index contributed by atoms with van der Waals surface area (Å²) in [7, 11) is -3.60. The van der Waals surface area contributed by atoms with Crippen molar-refractivity contribution in [1.82, 2.24) is 10.0 Å². The summed E-state index contributed by atoms with van der Waals surface area (Å²) in [5.41, 5.74) is -0.136. The number of rotatable bonds is 5. The van der Waals surface area contributed by atoms with E-state index in [2.05, 4.69) is 10.0 Å². The Kier molecular flexibility index (Phi) is 4.65. The van der Waals surface area contributed by atoms with Crippen molar-refractivity contribution in [2.45, 2.75) is 30.7 Å². The lowest BCUT2D eigenvalue weighted by molar-refractivity contribution is 0.0526. The van der Waals surface area contributed by atoms with Crippen LogP contribution >= 0.6 is 0 Å². The smallest absolute Gasteiger partial charge is 0.338 e. The van der Waals surface area contributed by atoms with Crippen LogP contribution in [0.3, 0.4) is 0 Å². The summed E-state index contributed by atoms with van der Waals surface area (Å²) in [6.07, 6.45) is 0.743. The van der Waals surface area contributed by atoms with Gasteiger partial charge in [-0.1, -0.05) is 0 Å². The van der Waals surface area contributed by atoms with Crippen LogP contribution in [0.1, 0.15) is 30.6 Å². The van der Waals surface area contributed by atoms with E-state index in [0.29, 0.717) is 12.1 Å². The Morgan fingerprint density at radius 3 is 2.57 bits per heavy atom. The Morgan fingerprint density at radius 1 is 1.38 bits per heavy atom. The molecular formula is C14H20N2O4S. The van der Waals surface area contributed by atoms with Gasteiger partial charge < -0.3 is 10.1 Å². The Balaban J connectivity index is 2.15. The Bertz CT molecular complexity index is 604. The lowest BCUT2D eigenvalue weighted by atomic mass is 10.0. The number of hydrogen-bond acceptors (Lipinski definition) is 5. The molecule has 21 heavy (non-hydrogen) atoms. The first-order valence-corrected chi connectivity index (χ1v) is 8.36. The lowest BCUT2D eigenvalue weighted by Crippen LogP contribution is -2.47. The van der Waals surface area contributed by atoms with Gasteiger partial charge in [-0.05, 0) is 51.1 Å². The van der Waals surface area contributed by atoms with Crippen LogP contribution in [0.25, 0.3) is 0 Å². The zero-order valence-electron chi connectivity index (χ0n) is 12.2. The Labute approximate surface area is 124 Å². The second-order valence-corrected chi connectivity index (χ2v) is 7.02. The SMILES string of the molecule is CCOC(=O)c1ccc(S(=O)(=O)NC2(C)CCNC2)cc1. The first-order valence-electron chi connectivity index (χ1n) is 6.88. The van der Waals surface area contributed by atoms with Gasteiger partial charge in [0.15, 0.2) is 0 Å². The third kappa shape index (κ3) is 3.81. The highest BCUT2D eigenvalue weighted by Gasteiger charge is 2.33. The molecule has 0 aromatic heterocycles. The summed E-state index contributed by atoms with van der Waals surface area (Å²) in [5.74, 6) is -0.457. The standard InChI is InChI=1S/C14H20N2O4S/c1-3-20-13(17)11-4-6-12(7-5-11)21(18,19)16-14(2)8-9-15-10-14/h4-7,15-16H,3,8-10H2,1-2H3. The number of sulfonamides is 1. The summed E-state index contributed by atoms with van der Waals surface area (Å²) < 4.78 is 32.3. The van der Waals surface area contributed by atoms with Crippen molar-refractivity contribution in [3.05, 3.63) is 29.8 Å². The average Bonchev–Trinajstić information content (AvgIpc) is 2.84. The Morgan fingerprint density at radius 2 is 2.05 bits per heavy atom. The molecular weight excluding hydrogens is 292 g/mol. The maximum absolute atomic E-state index is 12.3. The summed E-state index contributed by atoms with van der Waals surface area (Å²) in [6, 6.07) is 5.75. The van der Waals surface area contributed by atoms with Crippen LogP contribution in [0, 0.1) is 0 Å².